The molecule has 1 N–H and O–H groups in total. The maximum atomic E-state index is 12.3. The molecule has 1 heterocycles. The van der Waals surface area contributed by atoms with Gasteiger partial charge in [-0.3, -0.25) is 4.79 Å². The van der Waals surface area contributed by atoms with Gasteiger partial charge in [-0.2, -0.15) is 0 Å². The van der Waals surface area contributed by atoms with E-state index in [1.165, 1.54) is 17.3 Å². The molecule has 152 valence electrons. The van der Waals surface area contributed by atoms with Crippen LogP contribution in [-0.4, -0.2) is 21.9 Å². The summed E-state index contributed by atoms with van der Waals surface area (Å²) in [5.41, 5.74) is 4.41. The van der Waals surface area contributed by atoms with E-state index in [-0.39, 0.29) is 17.7 Å². The fraction of sp³-hybridized carbons (Fsp3) is 0.348. The number of nitrogens with zero attached hydrogens (tertiary/aromatic N) is 2. The van der Waals surface area contributed by atoms with Gasteiger partial charge in [0.1, 0.15) is 0 Å². The van der Waals surface area contributed by atoms with E-state index in [0.717, 1.165) is 23.1 Å². The van der Waals surface area contributed by atoms with Crippen molar-refractivity contribution in [2.24, 2.45) is 5.92 Å². The summed E-state index contributed by atoms with van der Waals surface area (Å²) in [7, 11) is 0. The normalized spacial score (nSPS) is 12.2. The Morgan fingerprint density at radius 1 is 1.10 bits per heavy atom. The van der Waals surface area contributed by atoms with E-state index in [2.05, 4.69) is 53.6 Å². The number of carbonyl (C=O) groups is 1. The van der Waals surface area contributed by atoms with Gasteiger partial charge in [0, 0.05) is 5.56 Å². The molecule has 0 saturated carbocycles. The molecule has 0 saturated heterocycles. The minimum Gasteiger partial charge on any atom is -0.411 e. The van der Waals surface area contributed by atoms with Crippen molar-refractivity contribution < 1.29 is 9.21 Å². The summed E-state index contributed by atoms with van der Waals surface area (Å²) in [6, 6.07) is 16.3. The standard InChI is InChI=1S/C23H27N3O2S/c1-15(2)12-18-8-10-19(11-9-18)17(4)24-21(27)14-29-23-26-25-22(28-23)20-7-5-6-16(3)13-20/h5-11,13,15,17H,12,14H2,1-4H3,(H,24,27)/t17-/m0/s1. The molecule has 6 heteroatoms. The summed E-state index contributed by atoms with van der Waals surface area (Å²) >= 11 is 1.24. The van der Waals surface area contributed by atoms with E-state index in [1.807, 2.05) is 38.1 Å². The van der Waals surface area contributed by atoms with E-state index in [0.29, 0.717) is 17.0 Å². The third kappa shape index (κ3) is 6.19. The van der Waals surface area contributed by atoms with Gasteiger partial charge < -0.3 is 9.73 Å². The number of hydrogen-bond acceptors (Lipinski definition) is 5. The third-order valence-corrected chi connectivity index (χ3v) is 5.32. The summed E-state index contributed by atoms with van der Waals surface area (Å²) in [5.74, 6) is 1.26. The van der Waals surface area contributed by atoms with Crippen LogP contribution >= 0.6 is 11.8 Å². The molecule has 0 aliphatic carbocycles. The second-order valence-electron chi connectivity index (χ2n) is 7.66. The molecule has 0 unspecified atom stereocenters. The van der Waals surface area contributed by atoms with Crippen molar-refractivity contribution in [1.82, 2.24) is 15.5 Å². The molecule has 1 atom stereocenters. The van der Waals surface area contributed by atoms with E-state index in [1.54, 1.807) is 0 Å². The number of aryl methyl sites for hydroxylation is 1. The average Bonchev–Trinajstić information content (AvgIpc) is 3.15. The first-order valence-corrected chi connectivity index (χ1v) is 10.8. The van der Waals surface area contributed by atoms with Crippen LogP contribution in [0.15, 0.2) is 58.2 Å². The van der Waals surface area contributed by atoms with Gasteiger partial charge in [0.25, 0.3) is 5.22 Å². The highest BCUT2D eigenvalue weighted by Gasteiger charge is 2.14. The number of aromatic nitrogens is 2. The molecule has 1 aromatic heterocycles. The first-order valence-electron chi connectivity index (χ1n) is 9.82. The van der Waals surface area contributed by atoms with Crippen molar-refractivity contribution in [3.8, 4) is 11.5 Å². The molecule has 0 fully saturated rings. The number of thioether (sulfide) groups is 1. The highest BCUT2D eigenvalue weighted by atomic mass is 32.2. The summed E-state index contributed by atoms with van der Waals surface area (Å²) in [6.07, 6.45) is 1.06. The van der Waals surface area contributed by atoms with Crippen LogP contribution in [0.5, 0.6) is 0 Å². The SMILES string of the molecule is Cc1cccc(-c2nnc(SCC(=O)N[C@@H](C)c3ccc(CC(C)C)cc3)o2)c1. The maximum absolute atomic E-state index is 12.3. The largest absolute Gasteiger partial charge is 0.411 e. The molecule has 0 spiro atoms. The zero-order valence-electron chi connectivity index (χ0n) is 17.3. The summed E-state index contributed by atoms with van der Waals surface area (Å²) in [6.45, 7) is 8.42. The van der Waals surface area contributed by atoms with Gasteiger partial charge in [0.05, 0.1) is 11.8 Å². The number of benzene rings is 2. The Balaban J connectivity index is 1.51. The predicted octanol–water partition coefficient (Wildman–Crippen LogP) is 5.21. The molecular formula is C23H27N3O2S. The molecule has 3 rings (SSSR count). The summed E-state index contributed by atoms with van der Waals surface area (Å²) < 4.78 is 5.67. The van der Waals surface area contributed by atoms with Gasteiger partial charge in [0.2, 0.25) is 11.8 Å². The van der Waals surface area contributed by atoms with E-state index >= 15 is 0 Å². The van der Waals surface area contributed by atoms with Gasteiger partial charge in [-0.1, -0.05) is 67.6 Å². The number of amides is 1. The van der Waals surface area contributed by atoms with Crippen LogP contribution in [0.3, 0.4) is 0 Å². The smallest absolute Gasteiger partial charge is 0.277 e. The Morgan fingerprint density at radius 3 is 2.55 bits per heavy atom. The van der Waals surface area contributed by atoms with Gasteiger partial charge >= 0.3 is 0 Å². The minimum atomic E-state index is -0.0657. The number of rotatable bonds is 8. The summed E-state index contributed by atoms with van der Waals surface area (Å²) in [4.78, 5) is 12.3. The number of hydrogen-bond donors (Lipinski definition) is 1. The number of carbonyl (C=O) groups excluding carboxylic acids is 1. The number of nitrogens with one attached hydrogen (secondary N) is 1. The molecular weight excluding hydrogens is 382 g/mol. The minimum absolute atomic E-state index is 0.0539. The molecule has 0 bridgehead atoms. The maximum Gasteiger partial charge on any atom is 0.277 e. The topological polar surface area (TPSA) is 68.0 Å². The molecule has 1 amide bonds. The first-order chi connectivity index (χ1) is 13.9. The van der Waals surface area contributed by atoms with Gasteiger partial charge in [-0.25, -0.2) is 0 Å². The van der Waals surface area contributed by atoms with E-state index < -0.39 is 0 Å². The molecule has 3 aromatic rings. The fourth-order valence-corrected chi connectivity index (χ4v) is 3.64. The van der Waals surface area contributed by atoms with Crippen LogP contribution in [-0.2, 0) is 11.2 Å². The molecule has 29 heavy (non-hydrogen) atoms. The van der Waals surface area contributed by atoms with Gasteiger partial charge in [0.15, 0.2) is 0 Å². The van der Waals surface area contributed by atoms with Crippen molar-refractivity contribution >= 4 is 17.7 Å². The van der Waals surface area contributed by atoms with Gasteiger partial charge in [-0.15, -0.1) is 10.2 Å². The second-order valence-corrected chi connectivity index (χ2v) is 8.59. The highest BCUT2D eigenvalue weighted by Crippen LogP contribution is 2.24. The van der Waals surface area contributed by atoms with Crippen LogP contribution in [0.25, 0.3) is 11.5 Å². The monoisotopic (exact) mass is 409 g/mol. The molecule has 2 aromatic carbocycles. The zero-order chi connectivity index (χ0) is 20.8. The van der Waals surface area contributed by atoms with Crippen molar-refractivity contribution in [2.75, 3.05) is 5.75 Å². The quantitative estimate of drug-likeness (QED) is 0.517. The lowest BCUT2D eigenvalue weighted by molar-refractivity contribution is -0.119. The predicted molar refractivity (Wildman–Crippen MR) is 117 cm³/mol. The fourth-order valence-electron chi connectivity index (χ4n) is 3.07. The van der Waals surface area contributed by atoms with Crippen LogP contribution in [0, 0.1) is 12.8 Å². The third-order valence-electron chi connectivity index (χ3n) is 4.50. The van der Waals surface area contributed by atoms with Crippen molar-refractivity contribution in [3.05, 3.63) is 65.2 Å². The Hall–Kier alpha value is -2.60. The van der Waals surface area contributed by atoms with Crippen molar-refractivity contribution in [3.63, 3.8) is 0 Å². The van der Waals surface area contributed by atoms with Crippen LogP contribution in [0.1, 0.15) is 43.5 Å². The lowest BCUT2D eigenvalue weighted by atomic mass is 10.00. The second kappa shape index (κ2) is 9.74. The lowest BCUT2D eigenvalue weighted by Gasteiger charge is -2.15. The van der Waals surface area contributed by atoms with Crippen molar-refractivity contribution in [1.29, 1.82) is 0 Å². The van der Waals surface area contributed by atoms with Crippen LogP contribution in [0.2, 0.25) is 0 Å². The zero-order valence-corrected chi connectivity index (χ0v) is 18.1. The summed E-state index contributed by atoms with van der Waals surface area (Å²) in [5, 5.41) is 11.5. The molecule has 0 aliphatic heterocycles. The van der Waals surface area contributed by atoms with E-state index in [4.69, 9.17) is 4.42 Å². The van der Waals surface area contributed by atoms with Crippen LogP contribution in [0.4, 0.5) is 0 Å². The Morgan fingerprint density at radius 2 is 1.86 bits per heavy atom. The average molecular weight is 410 g/mol. The lowest BCUT2D eigenvalue weighted by Crippen LogP contribution is -2.28. The molecule has 0 aliphatic rings. The Bertz CT molecular complexity index is 951. The van der Waals surface area contributed by atoms with Crippen LogP contribution < -0.4 is 5.32 Å². The Kier molecular flexibility index (Phi) is 7.09. The van der Waals surface area contributed by atoms with Gasteiger partial charge in [-0.05, 0) is 49.4 Å². The van der Waals surface area contributed by atoms with E-state index in [9.17, 15) is 4.79 Å². The Labute approximate surface area is 176 Å². The molecule has 5 nitrogen and oxygen atoms in total. The molecule has 0 radical (unpaired) electrons. The first kappa shape index (κ1) is 21.1. The highest BCUT2D eigenvalue weighted by molar-refractivity contribution is 7.99. The van der Waals surface area contributed by atoms with Crippen molar-refractivity contribution in [2.45, 2.75) is 45.4 Å².